The van der Waals surface area contributed by atoms with E-state index in [1.165, 1.54) is 0 Å². The maximum atomic E-state index is 11.7. The van der Waals surface area contributed by atoms with Gasteiger partial charge in [0.15, 0.2) is 5.96 Å². The molecule has 0 saturated carbocycles. The normalized spacial score (nSPS) is 23.7. The number of para-hydroxylation sites is 2. The molecule has 0 aliphatic carbocycles. The average Bonchev–Trinajstić information content (AvgIpc) is 3.22. The summed E-state index contributed by atoms with van der Waals surface area (Å²) in [4.78, 5) is 22.9. The van der Waals surface area contributed by atoms with Crippen LogP contribution in [0, 0.1) is 5.41 Å². The molecule has 1 spiro atoms. The molecular weight excluding hydrogens is 328 g/mol. The molecule has 1 atom stereocenters. The van der Waals surface area contributed by atoms with Gasteiger partial charge in [-0.05, 0) is 25.0 Å². The zero-order chi connectivity index (χ0) is 18.0. The molecule has 0 radical (unpaired) electrons. The Morgan fingerprint density at radius 3 is 3.12 bits per heavy atom. The fourth-order valence-electron chi connectivity index (χ4n) is 4.24. The first-order valence-corrected chi connectivity index (χ1v) is 9.31. The van der Waals surface area contributed by atoms with E-state index in [2.05, 4.69) is 36.1 Å². The van der Waals surface area contributed by atoms with Crippen LogP contribution in [0.15, 0.2) is 35.6 Å². The number of likely N-dealkylation sites (tertiary alicyclic amines) is 1. The first-order chi connectivity index (χ1) is 12.7. The number of rotatable bonds is 3. The van der Waals surface area contributed by atoms with Crippen LogP contribution in [-0.2, 0) is 11.3 Å². The molecule has 2 aromatic rings. The smallest absolute Gasteiger partial charge is 0.220 e. The number of guanidine groups is 1. The van der Waals surface area contributed by atoms with Gasteiger partial charge in [-0.2, -0.15) is 0 Å². The van der Waals surface area contributed by atoms with E-state index in [9.17, 15) is 4.79 Å². The predicted molar refractivity (Wildman–Crippen MR) is 102 cm³/mol. The second-order valence-corrected chi connectivity index (χ2v) is 7.38. The van der Waals surface area contributed by atoms with E-state index < -0.39 is 0 Å². The van der Waals surface area contributed by atoms with Crippen LogP contribution in [0.25, 0.3) is 11.0 Å². The Morgan fingerprint density at radius 1 is 1.42 bits per heavy atom. The van der Waals surface area contributed by atoms with Gasteiger partial charge in [-0.15, -0.1) is 0 Å². The number of hydrogen-bond acceptors (Lipinski definition) is 3. The Hall–Kier alpha value is -2.57. The Balaban J connectivity index is 1.36. The number of nitrogens with zero attached hydrogens (tertiary/aromatic N) is 4. The van der Waals surface area contributed by atoms with Gasteiger partial charge in [-0.25, -0.2) is 4.98 Å². The van der Waals surface area contributed by atoms with E-state index in [0.29, 0.717) is 6.42 Å². The Kier molecular flexibility index (Phi) is 4.53. The number of fused-ring (bicyclic) bond motifs is 1. The van der Waals surface area contributed by atoms with E-state index in [0.717, 1.165) is 62.6 Å². The van der Waals surface area contributed by atoms with Crippen molar-refractivity contribution in [2.24, 2.45) is 10.4 Å². The van der Waals surface area contributed by atoms with Crippen molar-refractivity contribution in [3.63, 3.8) is 0 Å². The highest BCUT2D eigenvalue weighted by atomic mass is 16.1. The minimum Gasteiger partial charge on any atom is -0.355 e. The second-order valence-electron chi connectivity index (χ2n) is 7.38. The first kappa shape index (κ1) is 16.9. The maximum Gasteiger partial charge on any atom is 0.220 e. The number of amides is 1. The Labute approximate surface area is 153 Å². The lowest BCUT2D eigenvalue weighted by Gasteiger charge is -2.40. The van der Waals surface area contributed by atoms with E-state index in [1.807, 2.05) is 31.6 Å². The largest absolute Gasteiger partial charge is 0.355 e. The third-order valence-electron chi connectivity index (χ3n) is 5.53. The number of piperidine rings is 1. The summed E-state index contributed by atoms with van der Waals surface area (Å²) in [6.07, 6.45) is 4.74. The van der Waals surface area contributed by atoms with Crippen molar-refractivity contribution in [3.05, 3.63) is 30.6 Å². The minimum atomic E-state index is 0.0769. The van der Waals surface area contributed by atoms with Crippen molar-refractivity contribution in [3.8, 4) is 0 Å². The van der Waals surface area contributed by atoms with Gasteiger partial charge in [0, 0.05) is 51.6 Å². The molecule has 2 saturated heterocycles. The third kappa shape index (κ3) is 3.25. The molecule has 2 aliphatic rings. The molecule has 2 fully saturated rings. The molecule has 1 aromatic heterocycles. The zero-order valence-corrected chi connectivity index (χ0v) is 15.2. The molecule has 7 nitrogen and oxygen atoms in total. The van der Waals surface area contributed by atoms with Crippen molar-refractivity contribution in [1.82, 2.24) is 25.1 Å². The van der Waals surface area contributed by atoms with Crippen LogP contribution in [0.3, 0.4) is 0 Å². The molecule has 2 N–H and O–H groups in total. The fraction of sp³-hybridized carbons (Fsp3) is 0.526. The third-order valence-corrected chi connectivity index (χ3v) is 5.53. The zero-order valence-electron chi connectivity index (χ0n) is 15.2. The van der Waals surface area contributed by atoms with Gasteiger partial charge in [0.05, 0.1) is 17.4 Å². The highest BCUT2D eigenvalue weighted by Crippen LogP contribution is 2.35. The lowest BCUT2D eigenvalue weighted by atomic mass is 9.79. The van der Waals surface area contributed by atoms with Crippen molar-refractivity contribution < 1.29 is 4.79 Å². The summed E-state index contributed by atoms with van der Waals surface area (Å²) in [6.45, 7) is 4.29. The number of imidazole rings is 1. The number of hydrogen-bond donors (Lipinski definition) is 2. The summed E-state index contributed by atoms with van der Waals surface area (Å²) >= 11 is 0. The second kappa shape index (κ2) is 6.97. The molecule has 3 heterocycles. The number of benzene rings is 1. The lowest BCUT2D eigenvalue weighted by Crippen LogP contribution is -2.51. The first-order valence-electron chi connectivity index (χ1n) is 9.31. The van der Waals surface area contributed by atoms with Gasteiger partial charge >= 0.3 is 0 Å². The number of aromatic nitrogens is 2. The minimum absolute atomic E-state index is 0.0769. The van der Waals surface area contributed by atoms with Crippen molar-refractivity contribution in [1.29, 1.82) is 0 Å². The summed E-state index contributed by atoms with van der Waals surface area (Å²) in [5.41, 5.74) is 2.25. The Morgan fingerprint density at radius 2 is 2.31 bits per heavy atom. The summed E-state index contributed by atoms with van der Waals surface area (Å²) in [5.74, 6) is 1.11. The van der Waals surface area contributed by atoms with Crippen LogP contribution in [0.5, 0.6) is 0 Å². The van der Waals surface area contributed by atoms with Crippen molar-refractivity contribution in [2.45, 2.75) is 25.8 Å². The molecule has 138 valence electrons. The molecule has 26 heavy (non-hydrogen) atoms. The highest BCUT2D eigenvalue weighted by Gasteiger charge is 2.42. The molecule has 0 bridgehead atoms. The molecule has 4 rings (SSSR count). The number of aliphatic imine (C=N–C) groups is 1. The van der Waals surface area contributed by atoms with Gasteiger partial charge < -0.3 is 20.1 Å². The molecule has 1 amide bonds. The van der Waals surface area contributed by atoms with E-state index in [4.69, 9.17) is 0 Å². The van der Waals surface area contributed by atoms with E-state index in [1.54, 1.807) is 0 Å². The molecule has 2 aliphatic heterocycles. The van der Waals surface area contributed by atoms with Gasteiger partial charge in [-0.1, -0.05) is 12.1 Å². The summed E-state index contributed by atoms with van der Waals surface area (Å²) in [7, 11) is 1.83. The number of carbonyl (C=O) groups is 1. The van der Waals surface area contributed by atoms with Crippen LogP contribution in [-0.4, -0.2) is 59.5 Å². The molecular formula is C19H26N6O. The fourth-order valence-corrected chi connectivity index (χ4v) is 4.24. The maximum absolute atomic E-state index is 11.7. The monoisotopic (exact) mass is 354 g/mol. The van der Waals surface area contributed by atoms with Crippen LogP contribution in [0.1, 0.15) is 19.3 Å². The summed E-state index contributed by atoms with van der Waals surface area (Å²) in [5, 5.41) is 6.48. The van der Waals surface area contributed by atoms with Gasteiger partial charge in [0.1, 0.15) is 0 Å². The number of nitrogens with one attached hydrogen (secondary N) is 2. The summed E-state index contributed by atoms with van der Waals surface area (Å²) in [6, 6.07) is 8.17. The number of carbonyl (C=O) groups excluding carboxylic acids is 1. The predicted octanol–water partition coefficient (Wildman–Crippen LogP) is 1.21. The van der Waals surface area contributed by atoms with Gasteiger partial charge in [-0.3, -0.25) is 9.79 Å². The average molecular weight is 354 g/mol. The van der Waals surface area contributed by atoms with Crippen molar-refractivity contribution >= 4 is 22.9 Å². The summed E-state index contributed by atoms with van der Waals surface area (Å²) < 4.78 is 2.16. The molecule has 1 unspecified atom stereocenters. The van der Waals surface area contributed by atoms with Crippen LogP contribution >= 0.6 is 0 Å². The van der Waals surface area contributed by atoms with Gasteiger partial charge in [0.2, 0.25) is 5.91 Å². The SMILES string of the molecule is CN=C(NCCn1cnc2ccccc21)N1CCCC2(CNC(=O)C2)C1. The molecule has 1 aromatic carbocycles. The highest BCUT2D eigenvalue weighted by molar-refractivity contribution is 5.81. The van der Waals surface area contributed by atoms with E-state index in [-0.39, 0.29) is 11.3 Å². The Bertz CT molecular complexity index is 828. The van der Waals surface area contributed by atoms with E-state index >= 15 is 0 Å². The quantitative estimate of drug-likeness (QED) is 0.642. The topological polar surface area (TPSA) is 74.6 Å². The molecule has 7 heteroatoms. The van der Waals surface area contributed by atoms with Crippen LogP contribution in [0.2, 0.25) is 0 Å². The van der Waals surface area contributed by atoms with Gasteiger partial charge in [0.25, 0.3) is 0 Å². The lowest BCUT2D eigenvalue weighted by molar-refractivity contribution is -0.119. The van der Waals surface area contributed by atoms with Crippen LogP contribution < -0.4 is 10.6 Å². The van der Waals surface area contributed by atoms with Crippen molar-refractivity contribution in [2.75, 3.05) is 33.2 Å². The standard InChI is InChI=1S/C19H26N6O/c1-20-18(24-9-4-7-19(13-24)11-17(26)22-12-19)21-8-10-25-14-23-15-5-2-3-6-16(15)25/h2-3,5-6,14H,4,7-13H2,1H3,(H,20,21)(H,22,26). The van der Waals surface area contributed by atoms with Crippen LogP contribution in [0.4, 0.5) is 0 Å².